The fourth-order valence-corrected chi connectivity index (χ4v) is 3.96. The molecule has 0 bridgehead atoms. The molecular formula is C23H24FN11. The molecule has 1 aromatic carbocycles. The molecule has 0 saturated heterocycles. The average molecular weight is 474 g/mol. The molecule has 12 heteroatoms. The SMILES string of the molecule is CCc1c(-c2ccc(F)cc2)nn(Cc2nnn(C)n2)c1Nc1cc(-n2nc(C)cc2C)ncn1. The second kappa shape index (κ2) is 9.05. The molecule has 0 amide bonds. The molecule has 0 radical (unpaired) electrons. The summed E-state index contributed by atoms with van der Waals surface area (Å²) >= 11 is 0. The van der Waals surface area contributed by atoms with Gasteiger partial charge in [-0.05, 0) is 55.8 Å². The highest BCUT2D eigenvalue weighted by Crippen LogP contribution is 2.32. The van der Waals surface area contributed by atoms with E-state index in [4.69, 9.17) is 5.10 Å². The summed E-state index contributed by atoms with van der Waals surface area (Å²) in [4.78, 5) is 10.2. The zero-order valence-electron chi connectivity index (χ0n) is 19.8. The number of benzene rings is 1. The van der Waals surface area contributed by atoms with Gasteiger partial charge in [-0.1, -0.05) is 6.92 Å². The molecule has 5 aromatic rings. The van der Waals surface area contributed by atoms with Crippen molar-refractivity contribution >= 4 is 11.6 Å². The summed E-state index contributed by atoms with van der Waals surface area (Å²) in [6.07, 6.45) is 2.17. The van der Waals surface area contributed by atoms with Gasteiger partial charge in [0, 0.05) is 22.9 Å². The van der Waals surface area contributed by atoms with E-state index < -0.39 is 0 Å². The van der Waals surface area contributed by atoms with Crippen LogP contribution in [0.2, 0.25) is 0 Å². The number of nitrogens with one attached hydrogen (secondary N) is 1. The van der Waals surface area contributed by atoms with Gasteiger partial charge in [0.15, 0.2) is 11.6 Å². The van der Waals surface area contributed by atoms with Crippen LogP contribution < -0.4 is 5.32 Å². The van der Waals surface area contributed by atoms with Crippen LogP contribution >= 0.6 is 0 Å². The van der Waals surface area contributed by atoms with E-state index in [1.165, 1.54) is 23.3 Å². The third kappa shape index (κ3) is 4.50. The van der Waals surface area contributed by atoms with Gasteiger partial charge in [-0.2, -0.15) is 15.0 Å². The monoisotopic (exact) mass is 473 g/mol. The third-order valence-corrected chi connectivity index (χ3v) is 5.49. The number of nitrogens with zero attached hydrogens (tertiary/aromatic N) is 10. The van der Waals surface area contributed by atoms with Crippen molar-refractivity contribution in [1.29, 1.82) is 0 Å². The Hall–Kier alpha value is -4.48. The van der Waals surface area contributed by atoms with Crippen LogP contribution in [0.3, 0.4) is 0 Å². The standard InChI is InChI=1S/C23H24FN11/c1-5-18-22(16-6-8-17(24)9-7-16)31-34(12-20-28-32-33(4)30-20)23(18)27-19-11-21(26-13-25-19)35-15(3)10-14(2)29-35/h6-11,13H,5,12H2,1-4H3,(H,25,26,27). The van der Waals surface area contributed by atoms with Crippen LogP contribution in [0.5, 0.6) is 0 Å². The fourth-order valence-electron chi connectivity index (χ4n) is 3.96. The molecule has 0 spiro atoms. The molecule has 0 fully saturated rings. The van der Waals surface area contributed by atoms with Gasteiger partial charge in [0.2, 0.25) is 0 Å². The van der Waals surface area contributed by atoms with Crippen molar-refractivity contribution in [2.24, 2.45) is 7.05 Å². The summed E-state index contributed by atoms with van der Waals surface area (Å²) in [6.45, 7) is 6.25. The van der Waals surface area contributed by atoms with E-state index in [9.17, 15) is 4.39 Å². The van der Waals surface area contributed by atoms with E-state index in [1.807, 2.05) is 32.9 Å². The molecule has 4 aromatic heterocycles. The lowest BCUT2D eigenvalue weighted by atomic mass is 10.1. The Kier molecular flexibility index (Phi) is 5.77. The lowest BCUT2D eigenvalue weighted by molar-refractivity contribution is 0.619. The molecule has 5 rings (SSSR count). The molecule has 35 heavy (non-hydrogen) atoms. The topological polar surface area (TPSA) is 117 Å². The molecular weight excluding hydrogens is 449 g/mol. The summed E-state index contributed by atoms with van der Waals surface area (Å²) in [6, 6.07) is 10.1. The Morgan fingerprint density at radius 2 is 1.80 bits per heavy atom. The molecule has 0 saturated carbocycles. The van der Waals surface area contributed by atoms with E-state index in [1.54, 1.807) is 28.5 Å². The van der Waals surface area contributed by atoms with Crippen LogP contribution in [0, 0.1) is 19.7 Å². The predicted octanol–water partition coefficient (Wildman–Crippen LogP) is 3.16. The second-order valence-electron chi connectivity index (χ2n) is 8.11. The number of aromatic nitrogens is 10. The van der Waals surface area contributed by atoms with E-state index in [2.05, 4.69) is 35.8 Å². The first-order chi connectivity index (χ1) is 16.9. The zero-order chi connectivity index (χ0) is 24.5. The Morgan fingerprint density at radius 1 is 1.00 bits per heavy atom. The first-order valence-corrected chi connectivity index (χ1v) is 11.1. The largest absolute Gasteiger partial charge is 0.325 e. The van der Waals surface area contributed by atoms with Crippen LogP contribution in [0.1, 0.15) is 29.7 Å². The summed E-state index contributed by atoms with van der Waals surface area (Å²) < 4.78 is 17.1. The maximum Gasteiger partial charge on any atom is 0.196 e. The first-order valence-electron chi connectivity index (χ1n) is 11.1. The van der Waals surface area contributed by atoms with E-state index >= 15 is 0 Å². The van der Waals surface area contributed by atoms with Crippen LogP contribution in [0.15, 0.2) is 42.7 Å². The maximum atomic E-state index is 13.6. The van der Waals surface area contributed by atoms with Gasteiger partial charge >= 0.3 is 0 Å². The molecule has 11 nitrogen and oxygen atoms in total. The van der Waals surface area contributed by atoms with Crippen molar-refractivity contribution in [3.8, 4) is 17.1 Å². The molecule has 1 N–H and O–H groups in total. The van der Waals surface area contributed by atoms with Gasteiger partial charge in [-0.3, -0.25) is 0 Å². The second-order valence-corrected chi connectivity index (χ2v) is 8.11. The number of aryl methyl sites for hydroxylation is 3. The summed E-state index contributed by atoms with van der Waals surface area (Å²) in [5, 5.41) is 25.1. The van der Waals surface area contributed by atoms with Crippen LogP contribution in [-0.2, 0) is 20.0 Å². The van der Waals surface area contributed by atoms with Crippen molar-refractivity contribution in [3.05, 3.63) is 71.3 Å². The Bertz CT molecular complexity index is 1480. The highest BCUT2D eigenvalue weighted by atomic mass is 19.1. The quantitative estimate of drug-likeness (QED) is 0.383. The highest BCUT2D eigenvalue weighted by molar-refractivity contribution is 5.72. The van der Waals surface area contributed by atoms with Crippen molar-refractivity contribution in [2.75, 3.05) is 5.32 Å². The Morgan fingerprint density at radius 3 is 2.46 bits per heavy atom. The molecule has 0 aliphatic carbocycles. The van der Waals surface area contributed by atoms with E-state index in [0.717, 1.165) is 34.0 Å². The number of halogens is 1. The maximum absolute atomic E-state index is 13.6. The van der Waals surface area contributed by atoms with Gasteiger partial charge in [-0.15, -0.1) is 10.2 Å². The van der Waals surface area contributed by atoms with Crippen molar-refractivity contribution < 1.29 is 4.39 Å². The first kappa shape index (κ1) is 22.3. The minimum Gasteiger partial charge on any atom is -0.325 e. The molecule has 4 heterocycles. The molecule has 0 aliphatic rings. The Balaban J connectivity index is 1.58. The summed E-state index contributed by atoms with van der Waals surface area (Å²) in [5.41, 5.74) is 4.38. The lowest BCUT2D eigenvalue weighted by Gasteiger charge is -2.11. The zero-order valence-corrected chi connectivity index (χ0v) is 19.8. The van der Waals surface area contributed by atoms with Gasteiger partial charge in [0.25, 0.3) is 0 Å². The van der Waals surface area contributed by atoms with Crippen LogP contribution in [0.25, 0.3) is 17.1 Å². The van der Waals surface area contributed by atoms with Gasteiger partial charge in [0.1, 0.15) is 30.3 Å². The van der Waals surface area contributed by atoms with Crippen molar-refractivity contribution in [1.82, 2.24) is 49.7 Å². The molecule has 178 valence electrons. The average Bonchev–Trinajstić information content (AvgIpc) is 3.51. The van der Waals surface area contributed by atoms with E-state index in [-0.39, 0.29) is 5.82 Å². The van der Waals surface area contributed by atoms with Gasteiger partial charge < -0.3 is 5.32 Å². The van der Waals surface area contributed by atoms with Gasteiger partial charge in [-0.25, -0.2) is 23.7 Å². The minimum absolute atomic E-state index is 0.291. The molecule has 0 unspecified atom stereocenters. The number of hydrogen-bond donors (Lipinski definition) is 1. The lowest BCUT2D eigenvalue weighted by Crippen LogP contribution is -2.10. The smallest absolute Gasteiger partial charge is 0.196 e. The molecule has 0 aliphatic heterocycles. The number of rotatable bonds is 7. The van der Waals surface area contributed by atoms with E-state index in [0.29, 0.717) is 30.4 Å². The molecule has 0 atom stereocenters. The number of anilines is 2. The van der Waals surface area contributed by atoms with Crippen molar-refractivity contribution in [2.45, 2.75) is 33.7 Å². The highest BCUT2D eigenvalue weighted by Gasteiger charge is 2.20. The van der Waals surface area contributed by atoms with Crippen LogP contribution in [0.4, 0.5) is 16.0 Å². The Labute approximate surface area is 200 Å². The summed E-state index contributed by atoms with van der Waals surface area (Å²) in [7, 11) is 1.71. The number of tetrazole rings is 1. The minimum atomic E-state index is -0.300. The fraction of sp³-hybridized carbons (Fsp3) is 0.261. The predicted molar refractivity (Wildman–Crippen MR) is 127 cm³/mol. The van der Waals surface area contributed by atoms with Gasteiger partial charge in [0.05, 0.1) is 18.4 Å². The number of hydrogen-bond acceptors (Lipinski definition) is 8. The van der Waals surface area contributed by atoms with Crippen LogP contribution in [-0.4, -0.2) is 49.7 Å². The normalized spacial score (nSPS) is 11.2. The summed E-state index contributed by atoms with van der Waals surface area (Å²) in [5.74, 6) is 2.17. The third-order valence-electron chi connectivity index (χ3n) is 5.49. The van der Waals surface area contributed by atoms with Crippen molar-refractivity contribution in [3.63, 3.8) is 0 Å².